The minimum Gasteiger partial charge on any atom is -0.496 e. The Bertz CT molecular complexity index is 1190. The van der Waals surface area contributed by atoms with Crippen molar-refractivity contribution in [2.75, 3.05) is 17.1 Å². The number of rotatable bonds is 4. The summed E-state index contributed by atoms with van der Waals surface area (Å²) in [6.45, 7) is 0. The summed E-state index contributed by atoms with van der Waals surface area (Å²) in [7, 11) is 1.58. The van der Waals surface area contributed by atoms with Crippen LogP contribution in [0.2, 0.25) is 5.02 Å². The summed E-state index contributed by atoms with van der Waals surface area (Å²) < 4.78 is 6.43. The Morgan fingerprint density at radius 3 is 2.34 bits per heavy atom. The molecule has 0 spiro atoms. The van der Waals surface area contributed by atoms with Gasteiger partial charge < -0.3 is 4.74 Å². The van der Waals surface area contributed by atoms with E-state index in [9.17, 15) is 9.59 Å². The molecule has 0 aliphatic carbocycles. The maximum absolute atomic E-state index is 13.6. The second-order valence-corrected chi connectivity index (χ2v) is 8.88. The quantitative estimate of drug-likeness (QED) is 0.451. The first-order valence-electron chi connectivity index (χ1n) is 9.97. The first kappa shape index (κ1) is 21.0. The molecule has 0 radical (unpaired) electrons. The van der Waals surface area contributed by atoms with Crippen LogP contribution in [0, 0.1) is 5.92 Å². The lowest BCUT2D eigenvalue weighted by Gasteiger charge is -2.29. The molecule has 3 atom stereocenters. The number of fused-ring (bicyclic) bond motifs is 1. The van der Waals surface area contributed by atoms with Crippen LogP contribution in [-0.2, 0) is 14.4 Å². The Kier molecular flexibility index (Phi) is 5.41. The standard InChI is InChI=1S/C24H18BrClN2O4/c1-31-19-12-7-14(25)13-18(19)21-20-22(32-28(21)17-5-3-2-4-6-17)24(30)27(23(20)29)16-10-8-15(26)9-11-16/h2-13,20-22H,1H3/t20-,21+,22+/m1/s1. The van der Waals surface area contributed by atoms with Crippen LogP contribution < -0.4 is 14.7 Å². The van der Waals surface area contributed by atoms with Crippen molar-refractivity contribution in [2.45, 2.75) is 12.1 Å². The van der Waals surface area contributed by atoms with Gasteiger partial charge in [-0.1, -0.05) is 45.7 Å². The largest absolute Gasteiger partial charge is 0.496 e. The monoisotopic (exact) mass is 512 g/mol. The van der Waals surface area contributed by atoms with Gasteiger partial charge in [0.2, 0.25) is 5.91 Å². The van der Waals surface area contributed by atoms with Crippen LogP contribution in [0.15, 0.2) is 77.3 Å². The molecule has 2 aliphatic rings. The van der Waals surface area contributed by atoms with E-state index in [4.69, 9.17) is 21.2 Å². The third-order valence-electron chi connectivity index (χ3n) is 5.72. The van der Waals surface area contributed by atoms with Gasteiger partial charge in [-0.2, -0.15) is 0 Å². The maximum Gasteiger partial charge on any atom is 0.266 e. The van der Waals surface area contributed by atoms with Gasteiger partial charge in [-0.05, 0) is 54.6 Å². The zero-order valence-electron chi connectivity index (χ0n) is 16.9. The third kappa shape index (κ3) is 3.37. The third-order valence-corrected chi connectivity index (χ3v) is 6.47. The predicted octanol–water partition coefficient (Wildman–Crippen LogP) is 5.16. The minimum absolute atomic E-state index is 0.326. The van der Waals surface area contributed by atoms with Crippen molar-refractivity contribution in [3.05, 3.63) is 87.9 Å². The second-order valence-electron chi connectivity index (χ2n) is 7.53. The number of hydroxylamine groups is 1. The first-order chi connectivity index (χ1) is 15.5. The molecule has 0 N–H and O–H groups in total. The van der Waals surface area contributed by atoms with Gasteiger partial charge in [-0.25, -0.2) is 9.96 Å². The number of benzene rings is 3. The number of amides is 2. The Morgan fingerprint density at radius 2 is 1.66 bits per heavy atom. The summed E-state index contributed by atoms with van der Waals surface area (Å²) in [6.07, 6.45) is -0.952. The molecular weight excluding hydrogens is 496 g/mol. The number of carbonyl (C=O) groups is 2. The number of methoxy groups -OCH3 is 1. The van der Waals surface area contributed by atoms with E-state index in [-0.39, 0.29) is 5.91 Å². The lowest BCUT2D eigenvalue weighted by Crippen LogP contribution is -2.37. The van der Waals surface area contributed by atoms with Gasteiger partial charge >= 0.3 is 0 Å². The smallest absolute Gasteiger partial charge is 0.266 e. The molecule has 5 rings (SSSR count). The molecule has 6 nitrogen and oxygen atoms in total. The Morgan fingerprint density at radius 1 is 0.938 bits per heavy atom. The van der Waals surface area contributed by atoms with Gasteiger partial charge in [0, 0.05) is 15.1 Å². The molecule has 2 aliphatic heterocycles. The Labute approximate surface area is 198 Å². The van der Waals surface area contributed by atoms with Crippen LogP contribution in [0.5, 0.6) is 5.75 Å². The van der Waals surface area contributed by atoms with E-state index in [1.54, 1.807) is 36.4 Å². The van der Waals surface area contributed by atoms with Crippen LogP contribution in [0.3, 0.4) is 0 Å². The summed E-state index contributed by atoms with van der Waals surface area (Å²) in [5, 5.41) is 2.17. The summed E-state index contributed by atoms with van der Waals surface area (Å²) in [6, 6.07) is 21.1. The predicted molar refractivity (Wildman–Crippen MR) is 125 cm³/mol. The van der Waals surface area contributed by atoms with E-state index in [0.717, 1.165) is 15.7 Å². The summed E-state index contributed by atoms with van der Waals surface area (Å²) in [5.74, 6) is -0.873. The highest BCUT2D eigenvalue weighted by atomic mass is 79.9. The van der Waals surface area contributed by atoms with Crippen molar-refractivity contribution in [2.24, 2.45) is 5.92 Å². The zero-order chi connectivity index (χ0) is 22.4. The number of carbonyl (C=O) groups excluding carboxylic acids is 2. The van der Waals surface area contributed by atoms with Crippen molar-refractivity contribution in [3.63, 3.8) is 0 Å². The number of anilines is 2. The second kappa shape index (κ2) is 8.24. The van der Waals surface area contributed by atoms with Gasteiger partial charge in [0.25, 0.3) is 5.91 Å². The van der Waals surface area contributed by atoms with E-state index in [2.05, 4.69) is 15.9 Å². The fourth-order valence-electron chi connectivity index (χ4n) is 4.31. The fourth-order valence-corrected chi connectivity index (χ4v) is 4.81. The van der Waals surface area contributed by atoms with Crippen LogP contribution in [0.1, 0.15) is 11.6 Å². The lowest BCUT2D eigenvalue weighted by molar-refractivity contribution is -0.126. The molecule has 0 bridgehead atoms. The van der Waals surface area contributed by atoms with Gasteiger partial charge in [-0.3, -0.25) is 14.4 Å². The highest BCUT2D eigenvalue weighted by Gasteiger charge is 2.60. The highest BCUT2D eigenvalue weighted by molar-refractivity contribution is 9.10. The van der Waals surface area contributed by atoms with Crippen LogP contribution in [-0.4, -0.2) is 25.0 Å². The normalized spacial score (nSPS) is 22.4. The average Bonchev–Trinajstić information content (AvgIpc) is 3.31. The number of nitrogens with zero attached hydrogens (tertiary/aromatic N) is 2. The number of para-hydroxylation sites is 1. The number of ether oxygens (including phenoxy) is 1. The SMILES string of the molecule is COc1ccc(Br)cc1[C@H]1[C@H]2C(=O)N(c3ccc(Cl)cc3)C(=O)[C@H]2ON1c1ccccc1. The number of imide groups is 1. The van der Waals surface area contributed by atoms with Crippen molar-refractivity contribution >= 4 is 50.7 Å². The van der Waals surface area contributed by atoms with Crippen LogP contribution in [0.25, 0.3) is 0 Å². The Balaban J connectivity index is 1.63. The van der Waals surface area contributed by atoms with Gasteiger partial charge in [0.15, 0.2) is 6.10 Å². The topological polar surface area (TPSA) is 59.1 Å². The van der Waals surface area contributed by atoms with Gasteiger partial charge in [-0.15, -0.1) is 0 Å². The van der Waals surface area contributed by atoms with Crippen molar-refractivity contribution in [1.29, 1.82) is 0 Å². The van der Waals surface area contributed by atoms with E-state index in [1.807, 2.05) is 48.5 Å². The first-order valence-corrected chi connectivity index (χ1v) is 11.1. The van der Waals surface area contributed by atoms with Crippen molar-refractivity contribution < 1.29 is 19.2 Å². The van der Waals surface area contributed by atoms with E-state index in [1.165, 1.54) is 4.90 Å². The lowest BCUT2D eigenvalue weighted by atomic mass is 9.90. The molecule has 2 amide bonds. The molecule has 2 fully saturated rings. The summed E-state index contributed by atoms with van der Waals surface area (Å²) in [4.78, 5) is 34.3. The molecule has 3 aromatic carbocycles. The number of hydrogen-bond donors (Lipinski definition) is 0. The van der Waals surface area contributed by atoms with Crippen LogP contribution in [0.4, 0.5) is 11.4 Å². The van der Waals surface area contributed by atoms with E-state index >= 15 is 0 Å². The molecule has 8 heteroatoms. The summed E-state index contributed by atoms with van der Waals surface area (Å²) >= 11 is 9.50. The van der Waals surface area contributed by atoms with E-state index in [0.29, 0.717) is 16.5 Å². The molecule has 0 unspecified atom stereocenters. The molecule has 32 heavy (non-hydrogen) atoms. The van der Waals surface area contributed by atoms with Gasteiger partial charge in [0.05, 0.1) is 24.5 Å². The number of hydrogen-bond acceptors (Lipinski definition) is 5. The van der Waals surface area contributed by atoms with Gasteiger partial charge in [0.1, 0.15) is 11.7 Å². The maximum atomic E-state index is 13.6. The molecular formula is C24H18BrClN2O4. The number of halogens is 2. The molecule has 2 heterocycles. The van der Waals surface area contributed by atoms with Crippen LogP contribution >= 0.6 is 27.5 Å². The van der Waals surface area contributed by atoms with Crippen molar-refractivity contribution in [3.8, 4) is 5.75 Å². The highest BCUT2D eigenvalue weighted by Crippen LogP contribution is 2.49. The molecule has 0 aromatic heterocycles. The molecule has 3 aromatic rings. The zero-order valence-corrected chi connectivity index (χ0v) is 19.3. The fraction of sp³-hybridized carbons (Fsp3) is 0.167. The molecule has 162 valence electrons. The summed E-state index contributed by atoms with van der Waals surface area (Å²) in [5.41, 5.74) is 1.96. The Hall–Kier alpha value is -2.87. The molecule has 2 saturated heterocycles. The van der Waals surface area contributed by atoms with E-state index < -0.39 is 24.0 Å². The van der Waals surface area contributed by atoms with Crippen molar-refractivity contribution in [1.82, 2.24) is 0 Å². The molecule has 0 saturated carbocycles. The average molecular weight is 514 g/mol. The minimum atomic E-state index is -0.952.